The number of nitrogens with zero attached hydrogens (tertiary/aromatic N) is 1. The minimum absolute atomic E-state index is 0.0438. The molecule has 4 heteroatoms. The molecule has 104 valence electrons. The van der Waals surface area contributed by atoms with Crippen LogP contribution in [-0.4, -0.2) is 49.2 Å². The van der Waals surface area contributed by atoms with E-state index in [4.69, 9.17) is 4.74 Å². The molecule has 3 atom stereocenters. The SMILES string of the molecule is CCCNC1CCN(C2CC(OC)C2(C)C)C1=O. The van der Waals surface area contributed by atoms with Gasteiger partial charge in [0.25, 0.3) is 0 Å². The first kappa shape index (κ1) is 13.8. The number of ether oxygens (including phenoxy) is 1. The molecule has 0 bridgehead atoms. The van der Waals surface area contributed by atoms with Crippen LogP contribution in [0.4, 0.5) is 0 Å². The molecule has 0 aromatic heterocycles. The molecular formula is C14H26N2O2. The minimum Gasteiger partial charge on any atom is -0.381 e. The summed E-state index contributed by atoms with van der Waals surface area (Å²) in [7, 11) is 1.76. The summed E-state index contributed by atoms with van der Waals surface area (Å²) in [5.41, 5.74) is 0.0874. The van der Waals surface area contributed by atoms with E-state index >= 15 is 0 Å². The lowest BCUT2D eigenvalue weighted by Gasteiger charge is -2.54. The van der Waals surface area contributed by atoms with Gasteiger partial charge in [-0.15, -0.1) is 0 Å². The molecule has 2 aliphatic rings. The van der Waals surface area contributed by atoms with Crippen molar-refractivity contribution in [1.29, 1.82) is 0 Å². The van der Waals surface area contributed by atoms with Crippen LogP contribution < -0.4 is 5.32 Å². The third-order valence-electron chi connectivity index (χ3n) is 4.67. The van der Waals surface area contributed by atoms with E-state index in [9.17, 15) is 4.79 Å². The van der Waals surface area contributed by atoms with E-state index in [1.165, 1.54) is 0 Å². The summed E-state index contributed by atoms with van der Waals surface area (Å²) < 4.78 is 5.46. The van der Waals surface area contributed by atoms with Crippen molar-refractivity contribution in [3.8, 4) is 0 Å². The van der Waals surface area contributed by atoms with Gasteiger partial charge in [0, 0.05) is 25.1 Å². The Morgan fingerprint density at radius 3 is 2.78 bits per heavy atom. The third-order valence-corrected chi connectivity index (χ3v) is 4.67. The number of amides is 1. The second kappa shape index (κ2) is 5.17. The van der Waals surface area contributed by atoms with Crippen molar-refractivity contribution < 1.29 is 9.53 Å². The summed E-state index contributed by atoms with van der Waals surface area (Å²) >= 11 is 0. The quantitative estimate of drug-likeness (QED) is 0.806. The lowest BCUT2D eigenvalue weighted by atomic mass is 9.64. The molecule has 1 N–H and O–H groups in total. The van der Waals surface area contributed by atoms with E-state index in [2.05, 4.69) is 31.0 Å². The highest BCUT2D eigenvalue weighted by molar-refractivity contribution is 5.84. The molecule has 0 aromatic rings. The van der Waals surface area contributed by atoms with Gasteiger partial charge >= 0.3 is 0 Å². The zero-order valence-corrected chi connectivity index (χ0v) is 12.0. The normalized spacial score (nSPS) is 34.8. The molecule has 4 nitrogen and oxygen atoms in total. The van der Waals surface area contributed by atoms with Gasteiger partial charge in [0.2, 0.25) is 5.91 Å². The van der Waals surface area contributed by atoms with E-state index in [1.807, 2.05) is 0 Å². The number of hydrogen-bond donors (Lipinski definition) is 1. The van der Waals surface area contributed by atoms with E-state index in [0.29, 0.717) is 6.04 Å². The third kappa shape index (κ3) is 2.16. The van der Waals surface area contributed by atoms with E-state index in [-0.39, 0.29) is 23.5 Å². The monoisotopic (exact) mass is 254 g/mol. The van der Waals surface area contributed by atoms with Crippen LogP contribution in [-0.2, 0) is 9.53 Å². The van der Waals surface area contributed by atoms with Crippen LogP contribution >= 0.6 is 0 Å². The van der Waals surface area contributed by atoms with Gasteiger partial charge in [-0.3, -0.25) is 4.79 Å². The van der Waals surface area contributed by atoms with Gasteiger partial charge in [0.1, 0.15) is 0 Å². The maximum atomic E-state index is 12.4. The lowest BCUT2D eigenvalue weighted by Crippen LogP contribution is -2.62. The zero-order chi connectivity index (χ0) is 13.3. The highest BCUT2D eigenvalue weighted by Crippen LogP contribution is 2.46. The fraction of sp³-hybridized carbons (Fsp3) is 0.929. The van der Waals surface area contributed by atoms with Gasteiger partial charge < -0.3 is 15.0 Å². The van der Waals surface area contributed by atoms with E-state index in [1.54, 1.807) is 7.11 Å². The number of likely N-dealkylation sites (tertiary alicyclic amines) is 1. The Morgan fingerprint density at radius 1 is 1.50 bits per heavy atom. The van der Waals surface area contributed by atoms with Gasteiger partial charge in [-0.1, -0.05) is 20.8 Å². The first-order valence-electron chi connectivity index (χ1n) is 7.09. The largest absolute Gasteiger partial charge is 0.381 e. The molecule has 0 spiro atoms. The molecule has 3 unspecified atom stereocenters. The Morgan fingerprint density at radius 2 is 2.22 bits per heavy atom. The molecule has 2 fully saturated rings. The van der Waals surface area contributed by atoms with Gasteiger partial charge in [-0.2, -0.15) is 0 Å². The second-order valence-corrected chi connectivity index (χ2v) is 6.12. The van der Waals surface area contributed by atoms with Crippen molar-refractivity contribution in [1.82, 2.24) is 10.2 Å². The van der Waals surface area contributed by atoms with Gasteiger partial charge in [0.15, 0.2) is 0 Å². The van der Waals surface area contributed by atoms with Crippen LogP contribution in [0.3, 0.4) is 0 Å². The van der Waals surface area contributed by atoms with Crippen LogP contribution in [0.5, 0.6) is 0 Å². The average Bonchev–Trinajstić information content (AvgIpc) is 2.68. The molecule has 0 aromatic carbocycles. The van der Waals surface area contributed by atoms with Crippen molar-refractivity contribution in [2.45, 2.75) is 58.2 Å². The summed E-state index contributed by atoms with van der Waals surface area (Å²) in [6, 6.07) is 0.394. The van der Waals surface area contributed by atoms with Crippen molar-refractivity contribution >= 4 is 5.91 Å². The summed E-state index contributed by atoms with van der Waals surface area (Å²) in [5, 5.41) is 3.34. The number of nitrogens with one attached hydrogen (secondary N) is 1. The summed E-state index contributed by atoms with van der Waals surface area (Å²) in [5.74, 6) is 0.288. The van der Waals surface area contributed by atoms with Crippen LogP contribution in [0.2, 0.25) is 0 Å². The van der Waals surface area contributed by atoms with E-state index in [0.717, 1.165) is 32.4 Å². The Labute approximate surface area is 110 Å². The standard InChI is InChI=1S/C14H26N2O2/c1-5-7-15-10-6-8-16(13(10)17)11-9-12(18-4)14(11,2)3/h10-12,15H,5-9H2,1-4H3. The van der Waals surface area contributed by atoms with Crippen LogP contribution in [0.25, 0.3) is 0 Å². The number of carbonyl (C=O) groups is 1. The molecule has 1 heterocycles. The Hall–Kier alpha value is -0.610. The van der Waals surface area contributed by atoms with Crippen molar-refractivity contribution in [3.05, 3.63) is 0 Å². The molecule has 1 aliphatic heterocycles. The predicted octanol–water partition coefficient (Wildman–Crippen LogP) is 1.40. The first-order valence-corrected chi connectivity index (χ1v) is 7.09. The molecule has 0 radical (unpaired) electrons. The highest BCUT2D eigenvalue weighted by Gasteiger charge is 2.54. The Bertz CT molecular complexity index is 317. The molecular weight excluding hydrogens is 228 g/mol. The molecule has 1 amide bonds. The lowest BCUT2D eigenvalue weighted by molar-refractivity contribution is -0.157. The summed E-state index contributed by atoms with van der Waals surface area (Å²) in [6.45, 7) is 8.36. The molecule has 1 aliphatic carbocycles. The van der Waals surface area contributed by atoms with Crippen molar-refractivity contribution in [2.24, 2.45) is 5.41 Å². The maximum Gasteiger partial charge on any atom is 0.240 e. The fourth-order valence-electron chi connectivity index (χ4n) is 3.31. The van der Waals surface area contributed by atoms with Gasteiger partial charge in [-0.25, -0.2) is 0 Å². The first-order chi connectivity index (χ1) is 8.52. The maximum absolute atomic E-state index is 12.4. The molecule has 1 saturated carbocycles. The fourth-order valence-corrected chi connectivity index (χ4v) is 3.31. The average molecular weight is 254 g/mol. The molecule has 2 rings (SSSR count). The predicted molar refractivity (Wildman–Crippen MR) is 71.4 cm³/mol. The second-order valence-electron chi connectivity index (χ2n) is 6.12. The number of rotatable bonds is 5. The van der Waals surface area contributed by atoms with E-state index < -0.39 is 0 Å². The molecule has 18 heavy (non-hydrogen) atoms. The number of carbonyl (C=O) groups excluding carboxylic acids is 1. The minimum atomic E-state index is 0.0438. The van der Waals surface area contributed by atoms with Gasteiger partial charge in [0.05, 0.1) is 12.1 Å². The topological polar surface area (TPSA) is 41.6 Å². The van der Waals surface area contributed by atoms with Crippen molar-refractivity contribution in [2.75, 3.05) is 20.2 Å². The van der Waals surface area contributed by atoms with Crippen LogP contribution in [0.15, 0.2) is 0 Å². The van der Waals surface area contributed by atoms with Crippen LogP contribution in [0.1, 0.15) is 40.0 Å². The smallest absolute Gasteiger partial charge is 0.240 e. The summed E-state index contributed by atoms with van der Waals surface area (Å²) in [6.07, 6.45) is 3.29. The highest BCUT2D eigenvalue weighted by atomic mass is 16.5. The van der Waals surface area contributed by atoms with Crippen LogP contribution in [0, 0.1) is 5.41 Å². The van der Waals surface area contributed by atoms with Gasteiger partial charge in [-0.05, 0) is 25.8 Å². The Kier molecular flexibility index (Phi) is 3.97. The number of hydrogen-bond acceptors (Lipinski definition) is 3. The number of methoxy groups -OCH3 is 1. The zero-order valence-electron chi connectivity index (χ0n) is 12.0. The Balaban J connectivity index is 1.94. The van der Waals surface area contributed by atoms with Crippen molar-refractivity contribution in [3.63, 3.8) is 0 Å². The molecule has 1 saturated heterocycles. The summed E-state index contributed by atoms with van der Waals surface area (Å²) in [4.78, 5) is 14.4.